The van der Waals surface area contributed by atoms with Gasteiger partial charge in [0.25, 0.3) is 0 Å². The van der Waals surface area contributed by atoms with Crippen LogP contribution in [0.15, 0.2) is 0 Å². The molecular formula is C10H20N2O. The van der Waals surface area contributed by atoms with Crippen molar-refractivity contribution in [2.24, 2.45) is 0 Å². The predicted molar refractivity (Wildman–Crippen MR) is 53.2 cm³/mol. The van der Waals surface area contributed by atoms with Crippen LogP contribution in [0.25, 0.3) is 0 Å². The smallest absolute Gasteiger partial charge is 0.0767 e. The molecule has 0 spiro atoms. The van der Waals surface area contributed by atoms with Gasteiger partial charge in [0.1, 0.15) is 0 Å². The number of nitriles is 1. The molecule has 1 atom stereocenters. The molecule has 0 heterocycles. The van der Waals surface area contributed by atoms with Crippen molar-refractivity contribution in [3.8, 4) is 6.07 Å². The van der Waals surface area contributed by atoms with Gasteiger partial charge in [0, 0.05) is 11.6 Å². The zero-order valence-corrected chi connectivity index (χ0v) is 9.18. The number of nitrogens with one attached hydrogen (secondary N) is 1. The second-order valence-corrected chi connectivity index (χ2v) is 4.59. The molecule has 0 rings (SSSR count). The van der Waals surface area contributed by atoms with Crippen LogP contribution in [0.2, 0.25) is 0 Å². The lowest BCUT2D eigenvalue weighted by Crippen LogP contribution is -2.58. The summed E-state index contributed by atoms with van der Waals surface area (Å²) in [5, 5.41) is 21.5. The van der Waals surface area contributed by atoms with Gasteiger partial charge in [-0.05, 0) is 34.6 Å². The van der Waals surface area contributed by atoms with Crippen LogP contribution < -0.4 is 5.32 Å². The van der Waals surface area contributed by atoms with Crippen molar-refractivity contribution in [1.82, 2.24) is 5.32 Å². The summed E-state index contributed by atoms with van der Waals surface area (Å²) in [6.45, 7) is 9.33. The summed E-state index contributed by atoms with van der Waals surface area (Å²) in [6.07, 6.45) is 0.458. The van der Waals surface area contributed by atoms with E-state index >= 15 is 0 Å². The summed E-state index contributed by atoms with van der Waals surface area (Å²) in [7, 11) is 0. The maximum atomic E-state index is 9.82. The lowest BCUT2D eigenvalue weighted by atomic mass is 9.85. The van der Waals surface area contributed by atoms with Gasteiger partial charge < -0.3 is 10.4 Å². The highest BCUT2D eigenvalue weighted by Crippen LogP contribution is 2.21. The fourth-order valence-corrected chi connectivity index (χ4v) is 0.981. The van der Waals surface area contributed by atoms with Gasteiger partial charge in [0.05, 0.1) is 18.1 Å². The number of rotatable bonds is 4. The molecule has 0 saturated carbocycles. The fraction of sp³-hybridized carbons (Fsp3) is 0.900. The molecule has 13 heavy (non-hydrogen) atoms. The van der Waals surface area contributed by atoms with Gasteiger partial charge in [-0.15, -0.1) is 0 Å². The van der Waals surface area contributed by atoms with Crippen LogP contribution in [0.5, 0.6) is 0 Å². The molecule has 0 amide bonds. The Balaban J connectivity index is 4.27. The van der Waals surface area contributed by atoms with Crippen LogP contribution in [0, 0.1) is 11.3 Å². The normalized spacial score (nSPS) is 15.2. The molecule has 2 N–H and O–H groups in total. The average Bonchev–Trinajstić information content (AvgIpc) is 1.83. The second-order valence-electron chi connectivity index (χ2n) is 4.59. The fourth-order valence-electron chi connectivity index (χ4n) is 0.981. The lowest BCUT2D eigenvalue weighted by Gasteiger charge is -2.40. The number of nitrogens with zero attached hydrogens (tertiary/aromatic N) is 1. The van der Waals surface area contributed by atoms with Crippen molar-refractivity contribution in [3.63, 3.8) is 0 Å². The van der Waals surface area contributed by atoms with Crippen molar-refractivity contribution in [2.45, 2.75) is 58.2 Å². The first-order chi connectivity index (χ1) is 5.70. The Kier molecular flexibility index (Phi) is 3.89. The first-order valence-corrected chi connectivity index (χ1v) is 4.58. The van der Waals surface area contributed by atoms with E-state index < -0.39 is 5.60 Å². The SMILES string of the molecule is CC(CC#N)NC(C)(C)C(C)(C)O. The van der Waals surface area contributed by atoms with E-state index in [4.69, 9.17) is 5.26 Å². The molecule has 0 aromatic rings. The summed E-state index contributed by atoms with van der Waals surface area (Å²) >= 11 is 0. The first-order valence-electron chi connectivity index (χ1n) is 4.58. The maximum absolute atomic E-state index is 9.82. The van der Waals surface area contributed by atoms with Crippen molar-refractivity contribution >= 4 is 0 Å². The Morgan fingerprint density at radius 1 is 1.38 bits per heavy atom. The molecule has 3 heteroatoms. The third kappa shape index (κ3) is 3.75. The molecule has 0 bridgehead atoms. The highest BCUT2D eigenvalue weighted by atomic mass is 16.3. The summed E-state index contributed by atoms with van der Waals surface area (Å²) in [5.41, 5.74) is -1.18. The maximum Gasteiger partial charge on any atom is 0.0767 e. The van der Waals surface area contributed by atoms with Crippen molar-refractivity contribution in [1.29, 1.82) is 5.26 Å². The molecule has 76 valence electrons. The van der Waals surface area contributed by atoms with E-state index in [0.717, 1.165) is 0 Å². The molecule has 0 saturated heterocycles. The van der Waals surface area contributed by atoms with Crippen molar-refractivity contribution in [3.05, 3.63) is 0 Å². The van der Waals surface area contributed by atoms with Crippen LogP contribution in [0.3, 0.4) is 0 Å². The van der Waals surface area contributed by atoms with E-state index in [2.05, 4.69) is 11.4 Å². The van der Waals surface area contributed by atoms with Gasteiger partial charge in [0.2, 0.25) is 0 Å². The summed E-state index contributed by atoms with van der Waals surface area (Å²) in [6, 6.07) is 2.20. The van der Waals surface area contributed by atoms with Crippen molar-refractivity contribution in [2.75, 3.05) is 0 Å². The largest absolute Gasteiger partial charge is 0.389 e. The highest BCUT2D eigenvalue weighted by molar-refractivity contribution is 4.96. The Labute approximate surface area is 80.8 Å². The zero-order chi connectivity index (χ0) is 10.7. The van der Waals surface area contributed by atoms with E-state index in [0.29, 0.717) is 6.42 Å². The van der Waals surface area contributed by atoms with Crippen LogP contribution in [0.1, 0.15) is 41.0 Å². The molecule has 0 aromatic heterocycles. The molecule has 1 unspecified atom stereocenters. The Bertz CT molecular complexity index is 198. The van der Waals surface area contributed by atoms with Crippen molar-refractivity contribution < 1.29 is 5.11 Å². The predicted octanol–water partition coefficient (Wildman–Crippen LogP) is 1.43. The Morgan fingerprint density at radius 3 is 2.15 bits per heavy atom. The van der Waals surface area contributed by atoms with E-state index in [1.165, 1.54) is 0 Å². The minimum Gasteiger partial charge on any atom is -0.389 e. The molecular weight excluding hydrogens is 164 g/mol. The van der Waals surface area contributed by atoms with Gasteiger partial charge in [0.15, 0.2) is 0 Å². The van der Waals surface area contributed by atoms with Gasteiger partial charge in [-0.3, -0.25) is 0 Å². The monoisotopic (exact) mass is 184 g/mol. The van der Waals surface area contributed by atoms with Gasteiger partial charge in [-0.1, -0.05) is 0 Å². The quantitative estimate of drug-likeness (QED) is 0.695. The van der Waals surface area contributed by atoms with Crippen LogP contribution in [-0.2, 0) is 0 Å². The summed E-state index contributed by atoms with van der Waals surface area (Å²) in [5.74, 6) is 0. The molecule has 0 fully saturated rings. The van der Waals surface area contributed by atoms with Gasteiger partial charge >= 0.3 is 0 Å². The molecule has 3 nitrogen and oxygen atoms in total. The number of hydrogen-bond donors (Lipinski definition) is 2. The average molecular weight is 184 g/mol. The molecule has 0 aliphatic rings. The third-order valence-electron chi connectivity index (χ3n) is 2.53. The number of hydrogen-bond acceptors (Lipinski definition) is 3. The highest BCUT2D eigenvalue weighted by Gasteiger charge is 2.35. The summed E-state index contributed by atoms with van der Waals surface area (Å²) in [4.78, 5) is 0. The van der Waals surface area contributed by atoms with E-state index in [9.17, 15) is 5.11 Å². The lowest BCUT2D eigenvalue weighted by molar-refractivity contribution is -0.00884. The van der Waals surface area contributed by atoms with Crippen LogP contribution in [-0.4, -0.2) is 22.3 Å². The van der Waals surface area contributed by atoms with Crippen LogP contribution in [0.4, 0.5) is 0 Å². The second kappa shape index (κ2) is 4.08. The molecule has 0 radical (unpaired) electrons. The van der Waals surface area contributed by atoms with E-state index in [-0.39, 0.29) is 11.6 Å². The first kappa shape index (κ1) is 12.4. The Morgan fingerprint density at radius 2 is 1.85 bits per heavy atom. The Hall–Kier alpha value is -0.590. The topological polar surface area (TPSA) is 56.0 Å². The van der Waals surface area contributed by atoms with Gasteiger partial charge in [-0.25, -0.2) is 0 Å². The van der Waals surface area contributed by atoms with Crippen LogP contribution >= 0.6 is 0 Å². The molecule has 0 aliphatic carbocycles. The third-order valence-corrected chi connectivity index (χ3v) is 2.53. The van der Waals surface area contributed by atoms with E-state index in [1.54, 1.807) is 13.8 Å². The summed E-state index contributed by atoms with van der Waals surface area (Å²) < 4.78 is 0. The standard InChI is InChI=1S/C10H20N2O/c1-8(6-7-11)12-9(2,3)10(4,5)13/h8,12-13H,6H2,1-5H3. The molecule has 0 aliphatic heterocycles. The van der Waals surface area contributed by atoms with Gasteiger partial charge in [-0.2, -0.15) is 5.26 Å². The number of aliphatic hydroxyl groups is 1. The minimum atomic E-state index is -0.795. The minimum absolute atomic E-state index is 0.103. The molecule has 0 aromatic carbocycles. The van der Waals surface area contributed by atoms with E-state index in [1.807, 2.05) is 20.8 Å². The zero-order valence-electron chi connectivity index (χ0n) is 9.18.